The molecule has 9 aromatic carbocycles. The number of allylic oxidation sites excluding steroid dienone is 1. The highest BCUT2D eigenvalue weighted by atomic mass is 16.3. The first-order valence-corrected chi connectivity index (χ1v) is 22.5. The molecule has 4 aliphatic rings. The maximum Gasteiger partial charge on any atom is 0.161 e. The maximum atomic E-state index is 6.29. The molecule has 0 amide bonds. The summed E-state index contributed by atoms with van der Waals surface area (Å²) in [7, 11) is 0. The first kappa shape index (κ1) is 36.2. The predicted octanol–water partition coefficient (Wildman–Crippen LogP) is 14.7. The van der Waals surface area contributed by atoms with Crippen molar-refractivity contribution in [3.8, 4) is 33.4 Å². The van der Waals surface area contributed by atoms with Gasteiger partial charge in [-0.2, -0.15) is 0 Å². The number of fused-ring (bicyclic) bond motifs is 17. The quantitative estimate of drug-likeness (QED) is 0.163. The standard InChI is InChI=1S/C62H38N2O/c1-2-16-38(17-3-1)61-63-54(34-35-55(64-61)47-26-15-31-57-59(47)48-25-9-13-30-56(48)65-57)40-19-14-18-39(36-40)49-37-41-32-33-53-60(58(41)45-23-5-4-20-42(45)49)46-24-8-12-29-52(46)62(53)50-27-10-6-21-43(50)44-22-7-11-28-51(44)62/h1-34,36,49H,37H2. The highest BCUT2D eigenvalue weighted by Crippen LogP contribution is 2.65. The van der Waals surface area contributed by atoms with E-state index < -0.39 is 0 Å². The van der Waals surface area contributed by atoms with Crippen LogP contribution in [0.25, 0.3) is 61.0 Å². The van der Waals surface area contributed by atoms with Crippen LogP contribution in [0.2, 0.25) is 0 Å². The summed E-state index contributed by atoms with van der Waals surface area (Å²) in [5.41, 5.74) is 26.9. The summed E-state index contributed by atoms with van der Waals surface area (Å²) >= 11 is 0. The molecule has 1 atom stereocenters. The van der Waals surface area contributed by atoms with Crippen LogP contribution in [0.3, 0.4) is 0 Å². The lowest BCUT2D eigenvalue weighted by Gasteiger charge is -2.33. The van der Waals surface area contributed by atoms with Crippen molar-refractivity contribution in [1.29, 1.82) is 0 Å². The van der Waals surface area contributed by atoms with Crippen LogP contribution in [0.5, 0.6) is 0 Å². The number of hydrogen-bond donors (Lipinski definition) is 0. The molecule has 2 heterocycles. The summed E-state index contributed by atoms with van der Waals surface area (Å²) in [6.07, 6.45) is 2.90. The molecule has 0 fully saturated rings. The van der Waals surface area contributed by atoms with E-state index in [1.807, 2.05) is 48.5 Å². The summed E-state index contributed by atoms with van der Waals surface area (Å²) in [6, 6.07) is 74.9. The molecule has 302 valence electrons. The Hall–Kier alpha value is -8.36. The van der Waals surface area contributed by atoms with Crippen LogP contribution in [0.4, 0.5) is 0 Å². The van der Waals surface area contributed by atoms with Gasteiger partial charge in [-0.1, -0.05) is 194 Å². The summed E-state index contributed by atoms with van der Waals surface area (Å²) < 4.78 is 6.29. The molecule has 1 aliphatic heterocycles. The fraction of sp³-hybridized carbons (Fsp3) is 0.0484. The van der Waals surface area contributed by atoms with E-state index in [-0.39, 0.29) is 11.3 Å². The minimum Gasteiger partial charge on any atom is -0.456 e. The lowest BCUT2D eigenvalue weighted by Crippen LogP contribution is -2.26. The van der Waals surface area contributed by atoms with Gasteiger partial charge in [0.05, 0.1) is 11.1 Å². The third-order valence-electron chi connectivity index (χ3n) is 14.3. The Balaban J connectivity index is 0.910. The van der Waals surface area contributed by atoms with Gasteiger partial charge in [0.2, 0.25) is 0 Å². The van der Waals surface area contributed by atoms with E-state index in [4.69, 9.17) is 14.4 Å². The molecular formula is C62H38N2O. The van der Waals surface area contributed by atoms with E-state index >= 15 is 0 Å². The third-order valence-corrected chi connectivity index (χ3v) is 14.3. The number of benzene rings is 9. The minimum absolute atomic E-state index is 0.144. The summed E-state index contributed by atoms with van der Waals surface area (Å²) in [5.74, 6) is 0.786. The average molecular weight is 827 g/mol. The Morgan fingerprint density at radius 3 is 1.92 bits per heavy atom. The van der Waals surface area contributed by atoms with Gasteiger partial charge in [0.1, 0.15) is 16.9 Å². The van der Waals surface area contributed by atoms with Crippen molar-refractivity contribution >= 4 is 39.2 Å². The van der Waals surface area contributed by atoms with Crippen molar-refractivity contribution in [3.63, 3.8) is 0 Å². The fourth-order valence-corrected chi connectivity index (χ4v) is 11.7. The largest absolute Gasteiger partial charge is 0.456 e. The number of furan rings is 1. The zero-order valence-electron chi connectivity index (χ0n) is 35.3. The van der Waals surface area contributed by atoms with Crippen molar-refractivity contribution in [2.45, 2.75) is 17.8 Å². The molecule has 3 aliphatic carbocycles. The van der Waals surface area contributed by atoms with E-state index in [9.17, 15) is 0 Å². The smallest absolute Gasteiger partial charge is 0.161 e. The molecule has 3 heteroatoms. The summed E-state index contributed by atoms with van der Waals surface area (Å²) in [6.45, 7) is 0. The molecule has 1 aromatic heterocycles. The first-order valence-electron chi connectivity index (χ1n) is 22.5. The second kappa shape index (κ2) is 13.8. The van der Waals surface area contributed by atoms with E-state index in [1.54, 1.807) is 0 Å². The fourth-order valence-electron chi connectivity index (χ4n) is 11.7. The van der Waals surface area contributed by atoms with Crippen LogP contribution >= 0.6 is 0 Å². The topological polar surface area (TPSA) is 37.9 Å². The molecule has 1 spiro atoms. The van der Waals surface area contributed by atoms with E-state index in [1.165, 1.54) is 72.3 Å². The molecule has 0 saturated heterocycles. The van der Waals surface area contributed by atoms with Crippen molar-refractivity contribution in [1.82, 2.24) is 0 Å². The molecule has 14 rings (SSSR count). The van der Waals surface area contributed by atoms with E-state index in [0.29, 0.717) is 11.5 Å². The van der Waals surface area contributed by atoms with Gasteiger partial charge < -0.3 is 4.42 Å². The third kappa shape index (κ3) is 5.13. The van der Waals surface area contributed by atoms with Crippen LogP contribution in [-0.2, 0) is 11.8 Å². The molecule has 10 aromatic rings. The van der Waals surface area contributed by atoms with E-state index in [0.717, 1.165) is 50.8 Å². The number of para-hydroxylation sites is 1. The average Bonchev–Trinajstić information content (AvgIpc) is 3.93. The Bertz CT molecular complexity index is 3750. The second-order valence-corrected chi connectivity index (χ2v) is 17.6. The van der Waals surface area contributed by atoms with Gasteiger partial charge >= 0.3 is 0 Å². The van der Waals surface area contributed by atoms with Crippen molar-refractivity contribution in [2.75, 3.05) is 0 Å². The lowest BCUT2D eigenvalue weighted by atomic mass is 9.69. The molecule has 65 heavy (non-hydrogen) atoms. The lowest BCUT2D eigenvalue weighted by molar-refractivity contribution is 0.669. The highest BCUT2D eigenvalue weighted by molar-refractivity contribution is 6.20. The number of aliphatic imine (C=N–C) groups is 2. The van der Waals surface area contributed by atoms with Crippen LogP contribution in [0.15, 0.2) is 232 Å². The molecule has 3 nitrogen and oxygen atoms in total. The number of amidine groups is 1. The second-order valence-electron chi connectivity index (χ2n) is 17.6. The molecule has 0 N–H and O–H groups in total. The maximum absolute atomic E-state index is 6.29. The van der Waals surface area contributed by atoms with Crippen LogP contribution in [0, 0.1) is 0 Å². The summed E-state index contributed by atoms with van der Waals surface area (Å²) in [4.78, 5) is 10.6. The molecule has 0 bridgehead atoms. The van der Waals surface area contributed by atoms with Gasteiger partial charge in [0, 0.05) is 39.5 Å². The monoisotopic (exact) mass is 826 g/mol. The van der Waals surface area contributed by atoms with Crippen LogP contribution < -0.4 is 0 Å². The molecular weight excluding hydrogens is 789 g/mol. The van der Waals surface area contributed by atoms with Gasteiger partial charge in [0.15, 0.2) is 5.84 Å². The normalized spacial score (nSPS) is 15.9. The van der Waals surface area contributed by atoms with E-state index in [2.05, 4.69) is 170 Å². The van der Waals surface area contributed by atoms with Crippen molar-refractivity contribution < 1.29 is 4.42 Å². The Kier molecular flexibility index (Phi) is 7.69. The number of hydrogen-bond acceptors (Lipinski definition) is 3. The predicted molar refractivity (Wildman–Crippen MR) is 265 cm³/mol. The molecule has 0 radical (unpaired) electrons. The zero-order valence-corrected chi connectivity index (χ0v) is 35.3. The van der Waals surface area contributed by atoms with Crippen LogP contribution in [0.1, 0.15) is 61.6 Å². The van der Waals surface area contributed by atoms with Gasteiger partial charge in [-0.25, -0.2) is 9.98 Å². The Morgan fingerprint density at radius 2 is 1.11 bits per heavy atom. The van der Waals surface area contributed by atoms with Crippen LogP contribution in [-0.4, -0.2) is 11.5 Å². The molecule has 0 saturated carbocycles. The molecule has 1 unspecified atom stereocenters. The summed E-state index contributed by atoms with van der Waals surface area (Å²) in [5, 5.41) is 2.08. The van der Waals surface area contributed by atoms with Gasteiger partial charge in [-0.05, 0) is 96.9 Å². The Morgan fingerprint density at radius 1 is 0.477 bits per heavy atom. The number of rotatable bonds is 4. The SMILES string of the molecule is C1=CC(c2cccc(C3Cc4ccc5c(c4-c4ccccc43)-c3ccccc3C53c4ccccc4-c4ccccc43)c2)=NC(c2ccccc2)=NC=1c1cccc2oc3ccccc3c12. The highest BCUT2D eigenvalue weighted by Gasteiger charge is 2.52. The first-order chi connectivity index (χ1) is 32.2. The number of nitrogens with zero attached hydrogens (tertiary/aromatic N) is 2. The zero-order chi connectivity index (χ0) is 42.6. The minimum atomic E-state index is -0.379. The van der Waals surface area contributed by atoms with Gasteiger partial charge in [0.25, 0.3) is 0 Å². The van der Waals surface area contributed by atoms with Gasteiger partial charge in [-0.3, -0.25) is 0 Å². The van der Waals surface area contributed by atoms with Crippen molar-refractivity contribution in [3.05, 3.63) is 274 Å². The Labute approximate surface area is 376 Å². The van der Waals surface area contributed by atoms with Crippen molar-refractivity contribution in [2.24, 2.45) is 9.98 Å². The van der Waals surface area contributed by atoms with Gasteiger partial charge in [-0.15, -0.1) is 0 Å².